The minimum atomic E-state index is -0.313. The molecule has 1 aliphatic carbocycles. The van der Waals surface area contributed by atoms with Crippen LogP contribution in [0.3, 0.4) is 0 Å². The van der Waals surface area contributed by atoms with E-state index < -0.39 is 0 Å². The van der Waals surface area contributed by atoms with Crippen LogP contribution in [-0.2, 0) is 9.47 Å². The normalized spacial score (nSPS) is 40.4. The fraction of sp³-hybridized carbons (Fsp3) is 1.00. The molecule has 0 amide bonds. The predicted molar refractivity (Wildman–Crippen MR) is 74.9 cm³/mol. The molecule has 2 saturated heterocycles. The molecule has 1 spiro atoms. The maximum absolute atomic E-state index is 6.42. The van der Waals surface area contributed by atoms with Gasteiger partial charge in [-0.25, -0.2) is 0 Å². The SMILES string of the molecule is CC1CCCCCN1C1CC2(CCC1N)OCCO2. The highest BCUT2D eigenvalue weighted by molar-refractivity contribution is 4.96. The monoisotopic (exact) mass is 268 g/mol. The van der Waals surface area contributed by atoms with E-state index in [1.54, 1.807) is 0 Å². The number of hydrogen-bond donors (Lipinski definition) is 1. The molecule has 3 fully saturated rings. The fourth-order valence-corrected chi connectivity index (χ4v) is 4.06. The number of likely N-dealkylation sites (tertiary alicyclic amines) is 1. The Labute approximate surface area is 116 Å². The van der Waals surface area contributed by atoms with Crippen molar-refractivity contribution in [3.8, 4) is 0 Å². The van der Waals surface area contributed by atoms with Gasteiger partial charge in [-0.3, -0.25) is 4.90 Å². The topological polar surface area (TPSA) is 47.7 Å². The summed E-state index contributed by atoms with van der Waals surface area (Å²) in [5.41, 5.74) is 6.42. The molecule has 19 heavy (non-hydrogen) atoms. The summed E-state index contributed by atoms with van der Waals surface area (Å²) in [5, 5.41) is 0. The van der Waals surface area contributed by atoms with E-state index in [4.69, 9.17) is 15.2 Å². The van der Waals surface area contributed by atoms with E-state index in [2.05, 4.69) is 11.8 Å². The summed E-state index contributed by atoms with van der Waals surface area (Å²) in [6.07, 6.45) is 8.28. The Balaban J connectivity index is 1.73. The largest absolute Gasteiger partial charge is 0.347 e. The fourth-order valence-electron chi connectivity index (χ4n) is 4.06. The summed E-state index contributed by atoms with van der Waals surface area (Å²) in [7, 11) is 0. The molecular formula is C15H28N2O2. The van der Waals surface area contributed by atoms with Gasteiger partial charge in [0.2, 0.25) is 0 Å². The molecule has 4 nitrogen and oxygen atoms in total. The zero-order valence-electron chi connectivity index (χ0n) is 12.1. The maximum Gasteiger partial charge on any atom is 0.170 e. The molecule has 3 unspecified atom stereocenters. The Bertz CT molecular complexity index is 305. The number of ether oxygens (including phenoxy) is 2. The average Bonchev–Trinajstić information content (AvgIpc) is 2.75. The van der Waals surface area contributed by atoms with Crippen LogP contribution in [-0.4, -0.2) is 48.6 Å². The third kappa shape index (κ3) is 2.82. The Morgan fingerprint density at radius 3 is 2.68 bits per heavy atom. The molecule has 0 aromatic rings. The van der Waals surface area contributed by atoms with Crippen molar-refractivity contribution in [2.45, 2.75) is 75.8 Å². The summed E-state index contributed by atoms with van der Waals surface area (Å²) < 4.78 is 11.8. The summed E-state index contributed by atoms with van der Waals surface area (Å²) in [5.74, 6) is -0.313. The van der Waals surface area contributed by atoms with Gasteiger partial charge >= 0.3 is 0 Å². The highest BCUT2D eigenvalue weighted by Crippen LogP contribution is 2.38. The summed E-state index contributed by atoms with van der Waals surface area (Å²) in [4.78, 5) is 2.64. The van der Waals surface area contributed by atoms with Crippen molar-refractivity contribution in [3.05, 3.63) is 0 Å². The lowest BCUT2D eigenvalue weighted by atomic mass is 9.84. The molecule has 4 heteroatoms. The molecule has 1 saturated carbocycles. The quantitative estimate of drug-likeness (QED) is 0.789. The number of hydrogen-bond acceptors (Lipinski definition) is 4. The molecule has 2 heterocycles. The Hall–Kier alpha value is -0.160. The first kappa shape index (κ1) is 13.8. The molecule has 0 bridgehead atoms. The Morgan fingerprint density at radius 1 is 1.11 bits per heavy atom. The van der Waals surface area contributed by atoms with Crippen LogP contribution in [0.4, 0.5) is 0 Å². The third-order valence-electron chi connectivity index (χ3n) is 5.22. The lowest BCUT2D eigenvalue weighted by Gasteiger charge is -2.46. The average molecular weight is 268 g/mol. The van der Waals surface area contributed by atoms with Gasteiger partial charge in [0.25, 0.3) is 0 Å². The van der Waals surface area contributed by atoms with Gasteiger partial charge in [0.15, 0.2) is 5.79 Å². The van der Waals surface area contributed by atoms with E-state index >= 15 is 0 Å². The minimum Gasteiger partial charge on any atom is -0.347 e. The summed E-state index contributed by atoms with van der Waals surface area (Å²) in [6, 6.07) is 1.36. The first-order chi connectivity index (χ1) is 9.20. The number of nitrogens with zero attached hydrogens (tertiary/aromatic N) is 1. The van der Waals surface area contributed by atoms with Crippen LogP contribution in [0.1, 0.15) is 51.9 Å². The lowest BCUT2D eigenvalue weighted by Crippen LogP contribution is -2.58. The van der Waals surface area contributed by atoms with E-state index in [1.165, 1.54) is 32.2 Å². The van der Waals surface area contributed by atoms with Gasteiger partial charge in [0.1, 0.15) is 0 Å². The third-order valence-corrected chi connectivity index (χ3v) is 5.22. The maximum atomic E-state index is 6.42. The van der Waals surface area contributed by atoms with Crippen LogP contribution in [0.15, 0.2) is 0 Å². The number of nitrogens with two attached hydrogens (primary N) is 1. The zero-order valence-corrected chi connectivity index (χ0v) is 12.1. The van der Waals surface area contributed by atoms with Crippen LogP contribution in [0.25, 0.3) is 0 Å². The lowest BCUT2D eigenvalue weighted by molar-refractivity contribution is -0.193. The molecule has 3 aliphatic rings. The number of rotatable bonds is 1. The van der Waals surface area contributed by atoms with Crippen molar-refractivity contribution in [2.75, 3.05) is 19.8 Å². The van der Waals surface area contributed by atoms with Crippen molar-refractivity contribution in [2.24, 2.45) is 5.73 Å². The van der Waals surface area contributed by atoms with Gasteiger partial charge in [0, 0.05) is 31.0 Å². The van der Waals surface area contributed by atoms with Crippen LogP contribution in [0, 0.1) is 0 Å². The molecular weight excluding hydrogens is 240 g/mol. The molecule has 0 radical (unpaired) electrons. The Kier molecular flexibility index (Phi) is 4.13. The van der Waals surface area contributed by atoms with Crippen LogP contribution < -0.4 is 5.73 Å². The van der Waals surface area contributed by atoms with Gasteiger partial charge in [0.05, 0.1) is 13.2 Å². The molecule has 110 valence electrons. The predicted octanol–water partition coefficient (Wildman–Crippen LogP) is 1.87. The minimum absolute atomic E-state index is 0.277. The van der Waals surface area contributed by atoms with Crippen molar-refractivity contribution in [1.82, 2.24) is 4.90 Å². The molecule has 3 rings (SSSR count). The van der Waals surface area contributed by atoms with Gasteiger partial charge in [-0.2, -0.15) is 0 Å². The zero-order chi connectivity index (χ0) is 13.3. The van der Waals surface area contributed by atoms with E-state index in [-0.39, 0.29) is 11.8 Å². The van der Waals surface area contributed by atoms with E-state index in [0.717, 1.165) is 32.5 Å². The van der Waals surface area contributed by atoms with Crippen molar-refractivity contribution >= 4 is 0 Å². The van der Waals surface area contributed by atoms with Crippen molar-refractivity contribution in [1.29, 1.82) is 0 Å². The molecule has 0 aromatic heterocycles. The van der Waals surface area contributed by atoms with Crippen LogP contribution in [0.2, 0.25) is 0 Å². The van der Waals surface area contributed by atoms with E-state index in [1.807, 2.05) is 0 Å². The van der Waals surface area contributed by atoms with Gasteiger partial charge in [-0.05, 0) is 32.7 Å². The van der Waals surface area contributed by atoms with Gasteiger partial charge in [-0.15, -0.1) is 0 Å². The second kappa shape index (κ2) is 5.68. The summed E-state index contributed by atoms with van der Waals surface area (Å²) >= 11 is 0. The van der Waals surface area contributed by atoms with Crippen molar-refractivity contribution in [3.63, 3.8) is 0 Å². The van der Waals surface area contributed by atoms with E-state index in [0.29, 0.717) is 12.1 Å². The molecule has 3 atom stereocenters. The second-order valence-corrected chi connectivity index (χ2v) is 6.52. The second-order valence-electron chi connectivity index (χ2n) is 6.52. The van der Waals surface area contributed by atoms with Crippen LogP contribution >= 0.6 is 0 Å². The smallest absolute Gasteiger partial charge is 0.170 e. The molecule has 2 aliphatic heterocycles. The molecule has 0 aromatic carbocycles. The van der Waals surface area contributed by atoms with Gasteiger partial charge < -0.3 is 15.2 Å². The highest BCUT2D eigenvalue weighted by Gasteiger charge is 2.46. The Morgan fingerprint density at radius 2 is 1.89 bits per heavy atom. The first-order valence-electron chi connectivity index (χ1n) is 7.99. The molecule has 2 N–H and O–H groups in total. The van der Waals surface area contributed by atoms with E-state index in [9.17, 15) is 0 Å². The van der Waals surface area contributed by atoms with Crippen LogP contribution in [0.5, 0.6) is 0 Å². The highest BCUT2D eigenvalue weighted by atomic mass is 16.7. The van der Waals surface area contributed by atoms with Crippen molar-refractivity contribution < 1.29 is 9.47 Å². The summed E-state index contributed by atoms with van der Waals surface area (Å²) in [6.45, 7) is 5.04. The van der Waals surface area contributed by atoms with Gasteiger partial charge in [-0.1, -0.05) is 12.8 Å². The first-order valence-corrected chi connectivity index (χ1v) is 7.99. The standard InChI is InChI=1S/C15H28N2O2/c1-12-5-3-2-4-8-17(12)14-11-15(7-6-13(14)16)18-9-10-19-15/h12-14H,2-11,16H2,1H3.